The van der Waals surface area contributed by atoms with Crippen molar-refractivity contribution < 1.29 is 0 Å². The number of hydrogen-bond donors (Lipinski definition) is 0. The SMILES string of the molecule is c1ccc2ncc(-c3cnc4ccccc4n3)cc2c1. The first-order valence-corrected chi connectivity index (χ1v) is 6.47. The van der Waals surface area contributed by atoms with Gasteiger partial charge in [0, 0.05) is 17.1 Å². The fourth-order valence-corrected chi connectivity index (χ4v) is 2.31. The van der Waals surface area contributed by atoms with E-state index in [4.69, 9.17) is 0 Å². The smallest absolute Gasteiger partial charge is 0.0908 e. The highest BCUT2D eigenvalue weighted by molar-refractivity contribution is 5.84. The molecule has 0 radical (unpaired) electrons. The van der Waals surface area contributed by atoms with Gasteiger partial charge >= 0.3 is 0 Å². The van der Waals surface area contributed by atoms with Crippen LogP contribution < -0.4 is 0 Å². The van der Waals surface area contributed by atoms with Crippen LogP contribution in [0.2, 0.25) is 0 Å². The summed E-state index contributed by atoms with van der Waals surface area (Å²) >= 11 is 0. The molecule has 2 aromatic heterocycles. The fraction of sp³-hybridized carbons (Fsp3) is 0. The molecule has 3 nitrogen and oxygen atoms in total. The van der Waals surface area contributed by atoms with Crippen LogP contribution in [0.15, 0.2) is 67.0 Å². The molecule has 0 N–H and O–H groups in total. The number of pyridine rings is 1. The summed E-state index contributed by atoms with van der Waals surface area (Å²) in [4.78, 5) is 13.6. The lowest BCUT2D eigenvalue weighted by molar-refractivity contribution is 1.28. The second-order valence-electron chi connectivity index (χ2n) is 4.66. The van der Waals surface area contributed by atoms with Crippen LogP contribution in [-0.2, 0) is 0 Å². The van der Waals surface area contributed by atoms with E-state index in [9.17, 15) is 0 Å². The zero-order valence-corrected chi connectivity index (χ0v) is 10.7. The topological polar surface area (TPSA) is 38.7 Å². The summed E-state index contributed by atoms with van der Waals surface area (Å²) in [6.07, 6.45) is 3.65. The predicted octanol–water partition coefficient (Wildman–Crippen LogP) is 3.85. The van der Waals surface area contributed by atoms with Crippen LogP contribution in [0.5, 0.6) is 0 Å². The molecular weight excluding hydrogens is 246 g/mol. The molecule has 0 saturated carbocycles. The van der Waals surface area contributed by atoms with Crippen LogP contribution in [0.3, 0.4) is 0 Å². The summed E-state index contributed by atoms with van der Waals surface area (Å²) in [7, 11) is 0. The van der Waals surface area contributed by atoms with E-state index in [2.05, 4.69) is 27.1 Å². The van der Waals surface area contributed by atoms with Crippen LogP contribution in [0.1, 0.15) is 0 Å². The van der Waals surface area contributed by atoms with Crippen molar-refractivity contribution in [2.45, 2.75) is 0 Å². The molecule has 2 aromatic carbocycles. The Morgan fingerprint density at radius 3 is 2.25 bits per heavy atom. The van der Waals surface area contributed by atoms with E-state index in [0.29, 0.717) is 0 Å². The molecule has 0 atom stereocenters. The Morgan fingerprint density at radius 2 is 1.35 bits per heavy atom. The Bertz CT molecular complexity index is 838. The van der Waals surface area contributed by atoms with E-state index in [1.165, 1.54) is 0 Å². The number of nitrogens with zero attached hydrogens (tertiary/aromatic N) is 3. The van der Waals surface area contributed by atoms with E-state index >= 15 is 0 Å². The second-order valence-corrected chi connectivity index (χ2v) is 4.66. The predicted molar refractivity (Wildman–Crippen MR) is 80.3 cm³/mol. The minimum Gasteiger partial charge on any atom is -0.256 e. The first-order valence-electron chi connectivity index (χ1n) is 6.47. The summed E-state index contributed by atoms with van der Waals surface area (Å²) in [6, 6.07) is 18.0. The monoisotopic (exact) mass is 257 g/mol. The van der Waals surface area contributed by atoms with Crippen molar-refractivity contribution in [1.29, 1.82) is 0 Å². The minimum absolute atomic E-state index is 0.849. The van der Waals surface area contributed by atoms with Crippen molar-refractivity contribution >= 4 is 21.9 Å². The molecule has 0 saturated heterocycles. The maximum absolute atomic E-state index is 4.65. The number of hydrogen-bond acceptors (Lipinski definition) is 3. The average molecular weight is 257 g/mol. The van der Waals surface area contributed by atoms with E-state index in [0.717, 1.165) is 33.2 Å². The number of rotatable bonds is 1. The van der Waals surface area contributed by atoms with Gasteiger partial charge in [0.2, 0.25) is 0 Å². The molecule has 20 heavy (non-hydrogen) atoms. The van der Waals surface area contributed by atoms with Gasteiger partial charge in [-0.3, -0.25) is 9.97 Å². The van der Waals surface area contributed by atoms with Crippen LogP contribution in [0.4, 0.5) is 0 Å². The van der Waals surface area contributed by atoms with Crippen molar-refractivity contribution in [3.05, 3.63) is 67.0 Å². The Balaban J connectivity index is 1.91. The molecule has 94 valence electrons. The molecule has 2 heterocycles. The van der Waals surface area contributed by atoms with Crippen LogP contribution >= 0.6 is 0 Å². The van der Waals surface area contributed by atoms with Gasteiger partial charge in [0.1, 0.15) is 0 Å². The molecule has 0 aliphatic carbocycles. The first-order chi connectivity index (χ1) is 9.90. The normalized spacial score (nSPS) is 11.0. The average Bonchev–Trinajstić information content (AvgIpc) is 2.54. The van der Waals surface area contributed by atoms with Crippen LogP contribution in [0.25, 0.3) is 33.2 Å². The highest BCUT2D eigenvalue weighted by atomic mass is 14.8. The molecule has 0 aliphatic rings. The Morgan fingerprint density at radius 1 is 0.650 bits per heavy atom. The van der Waals surface area contributed by atoms with Gasteiger partial charge in [-0.15, -0.1) is 0 Å². The maximum Gasteiger partial charge on any atom is 0.0908 e. The van der Waals surface area contributed by atoms with E-state index in [-0.39, 0.29) is 0 Å². The lowest BCUT2D eigenvalue weighted by Gasteiger charge is -2.04. The van der Waals surface area contributed by atoms with E-state index in [1.54, 1.807) is 6.20 Å². The minimum atomic E-state index is 0.849. The van der Waals surface area contributed by atoms with E-state index < -0.39 is 0 Å². The zero-order valence-electron chi connectivity index (χ0n) is 10.7. The largest absolute Gasteiger partial charge is 0.256 e. The second kappa shape index (κ2) is 4.38. The van der Waals surface area contributed by atoms with Gasteiger partial charge in [-0.1, -0.05) is 30.3 Å². The lowest BCUT2D eigenvalue weighted by atomic mass is 10.1. The van der Waals surface area contributed by atoms with Gasteiger partial charge in [-0.25, -0.2) is 4.98 Å². The van der Waals surface area contributed by atoms with Crippen molar-refractivity contribution in [1.82, 2.24) is 15.0 Å². The molecule has 0 spiro atoms. The fourth-order valence-electron chi connectivity index (χ4n) is 2.31. The molecule has 0 bridgehead atoms. The molecule has 3 heteroatoms. The summed E-state index contributed by atoms with van der Waals surface area (Å²) in [5, 5.41) is 1.11. The molecule has 4 aromatic rings. The molecule has 0 fully saturated rings. The number of para-hydroxylation sites is 3. The van der Waals surface area contributed by atoms with Crippen molar-refractivity contribution in [3.63, 3.8) is 0 Å². The summed E-state index contributed by atoms with van der Waals surface area (Å²) in [5.74, 6) is 0. The van der Waals surface area contributed by atoms with Crippen LogP contribution in [0, 0.1) is 0 Å². The summed E-state index contributed by atoms with van der Waals surface area (Å²) in [6.45, 7) is 0. The molecule has 4 rings (SSSR count). The van der Waals surface area contributed by atoms with Gasteiger partial charge < -0.3 is 0 Å². The van der Waals surface area contributed by atoms with Gasteiger partial charge in [0.15, 0.2) is 0 Å². The number of fused-ring (bicyclic) bond motifs is 2. The Hall–Kier alpha value is -2.81. The molecule has 0 unspecified atom stereocenters. The summed E-state index contributed by atoms with van der Waals surface area (Å²) in [5.41, 5.74) is 4.64. The highest BCUT2D eigenvalue weighted by Gasteiger charge is 2.04. The Labute approximate surface area is 116 Å². The van der Waals surface area contributed by atoms with Gasteiger partial charge in [-0.2, -0.15) is 0 Å². The van der Waals surface area contributed by atoms with Crippen LogP contribution in [-0.4, -0.2) is 15.0 Å². The van der Waals surface area contributed by atoms with Crippen molar-refractivity contribution in [2.75, 3.05) is 0 Å². The lowest BCUT2D eigenvalue weighted by Crippen LogP contribution is -1.89. The summed E-state index contributed by atoms with van der Waals surface area (Å²) < 4.78 is 0. The number of aromatic nitrogens is 3. The quantitative estimate of drug-likeness (QED) is 0.520. The van der Waals surface area contributed by atoms with Gasteiger partial charge in [0.05, 0.1) is 28.4 Å². The van der Waals surface area contributed by atoms with E-state index in [1.807, 2.05) is 48.7 Å². The van der Waals surface area contributed by atoms with Crippen molar-refractivity contribution in [2.24, 2.45) is 0 Å². The third-order valence-electron chi connectivity index (χ3n) is 3.33. The maximum atomic E-state index is 4.65. The van der Waals surface area contributed by atoms with Gasteiger partial charge in [-0.05, 0) is 24.3 Å². The molecular formula is C17H11N3. The zero-order chi connectivity index (χ0) is 13.4. The molecule has 0 amide bonds. The Kier molecular flexibility index (Phi) is 2.42. The molecule has 0 aliphatic heterocycles. The van der Waals surface area contributed by atoms with Crippen molar-refractivity contribution in [3.8, 4) is 11.3 Å². The standard InChI is InChI=1S/C17H11N3/c1-2-6-14-12(5-1)9-13(10-18-14)17-11-19-15-7-3-4-8-16(15)20-17/h1-11H. The highest BCUT2D eigenvalue weighted by Crippen LogP contribution is 2.22. The number of benzene rings is 2. The first kappa shape index (κ1) is 11.1. The third kappa shape index (κ3) is 1.80. The van der Waals surface area contributed by atoms with Gasteiger partial charge in [0.25, 0.3) is 0 Å². The third-order valence-corrected chi connectivity index (χ3v) is 3.33.